The number of aryl methyl sites for hydroxylation is 1. The first-order valence-corrected chi connectivity index (χ1v) is 7.51. The van der Waals surface area contributed by atoms with Crippen molar-refractivity contribution >= 4 is 11.6 Å². The molecule has 0 aromatic carbocycles. The van der Waals surface area contributed by atoms with Crippen LogP contribution in [-0.4, -0.2) is 40.8 Å². The normalized spacial score (nSPS) is 17.9. The van der Waals surface area contributed by atoms with Crippen LogP contribution in [0.25, 0.3) is 0 Å². The Balaban J connectivity index is 1.67. The van der Waals surface area contributed by atoms with Crippen LogP contribution in [0.4, 0.5) is 10.1 Å². The summed E-state index contributed by atoms with van der Waals surface area (Å²) >= 11 is 0. The summed E-state index contributed by atoms with van der Waals surface area (Å²) in [5.74, 6) is -1.22. The number of rotatable bonds is 4. The largest absolute Gasteiger partial charge is 0.369 e. The Morgan fingerprint density at radius 2 is 2.39 bits per heavy atom. The molecule has 1 aliphatic heterocycles. The van der Waals surface area contributed by atoms with Crippen molar-refractivity contribution in [1.29, 1.82) is 0 Å². The Labute approximate surface area is 132 Å². The van der Waals surface area contributed by atoms with Crippen molar-refractivity contribution < 1.29 is 13.9 Å². The van der Waals surface area contributed by atoms with Crippen LogP contribution in [0.5, 0.6) is 0 Å². The molecule has 1 fully saturated rings. The van der Waals surface area contributed by atoms with Crippen LogP contribution in [0.3, 0.4) is 0 Å². The van der Waals surface area contributed by atoms with Crippen molar-refractivity contribution in [2.24, 2.45) is 0 Å². The Kier molecular flexibility index (Phi) is 4.63. The van der Waals surface area contributed by atoms with Gasteiger partial charge in [0.2, 0.25) is 0 Å². The number of anilines is 1. The monoisotopic (exact) mass is 319 g/mol. The highest BCUT2D eigenvalue weighted by Crippen LogP contribution is 2.18. The SMILES string of the molecule is CCc1[nH]nc(C(=O)Nc2ccc([C@@H]3CNCCO3)nc2)c1F. The summed E-state index contributed by atoms with van der Waals surface area (Å²) in [6, 6.07) is 3.50. The number of morpholine rings is 1. The first-order valence-electron chi connectivity index (χ1n) is 7.51. The number of ether oxygens (including phenoxy) is 1. The Morgan fingerprint density at radius 1 is 1.52 bits per heavy atom. The molecule has 2 aromatic heterocycles. The molecule has 2 aromatic rings. The third-order valence-corrected chi connectivity index (χ3v) is 3.65. The lowest BCUT2D eigenvalue weighted by Gasteiger charge is -2.23. The molecule has 0 bridgehead atoms. The van der Waals surface area contributed by atoms with Gasteiger partial charge in [-0.15, -0.1) is 0 Å². The maximum absolute atomic E-state index is 13.9. The van der Waals surface area contributed by atoms with Crippen LogP contribution < -0.4 is 10.6 Å². The Hall–Kier alpha value is -2.32. The smallest absolute Gasteiger partial charge is 0.279 e. The first kappa shape index (κ1) is 15.6. The van der Waals surface area contributed by atoms with Gasteiger partial charge in [-0.25, -0.2) is 4.39 Å². The highest BCUT2D eigenvalue weighted by atomic mass is 19.1. The topological polar surface area (TPSA) is 91.9 Å². The third-order valence-electron chi connectivity index (χ3n) is 3.65. The quantitative estimate of drug-likeness (QED) is 0.793. The highest BCUT2D eigenvalue weighted by Gasteiger charge is 2.20. The van der Waals surface area contributed by atoms with Gasteiger partial charge < -0.3 is 15.4 Å². The van der Waals surface area contributed by atoms with Gasteiger partial charge in [-0.05, 0) is 18.6 Å². The van der Waals surface area contributed by atoms with Gasteiger partial charge in [0.05, 0.1) is 29.9 Å². The number of aromatic amines is 1. The molecule has 122 valence electrons. The fourth-order valence-electron chi connectivity index (χ4n) is 2.36. The number of halogens is 1. The van der Waals surface area contributed by atoms with Gasteiger partial charge >= 0.3 is 0 Å². The molecular weight excluding hydrogens is 301 g/mol. The van der Waals surface area contributed by atoms with E-state index in [0.717, 1.165) is 12.2 Å². The van der Waals surface area contributed by atoms with Gasteiger partial charge in [0, 0.05) is 13.1 Å². The second kappa shape index (κ2) is 6.84. The molecule has 0 spiro atoms. The van der Waals surface area contributed by atoms with Gasteiger partial charge in [0.1, 0.15) is 6.10 Å². The van der Waals surface area contributed by atoms with Gasteiger partial charge in [-0.3, -0.25) is 14.9 Å². The molecule has 1 aliphatic rings. The molecule has 1 amide bonds. The van der Waals surface area contributed by atoms with Gasteiger partial charge in [0.25, 0.3) is 5.91 Å². The van der Waals surface area contributed by atoms with E-state index in [4.69, 9.17) is 4.74 Å². The summed E-state index contributed by atoms with van der Waals surface area (Å²) in [5, 5.41) is 12.0. The predicted molar refractivity (Wildman–Crippen MR) is 81.7 cm³/mol. The lowest BCUT2D eigenvalue weighted by atomic mass is 10.2. The van der Waals surface area contributed by atoms with E-state index in [0.29, 0.717) is 31.0 Å². The molecule has 3 rings (SSSR count). The molecule has 1 saturated heterocycles. The van der Waals surface area contributed by atoms with E-state index in [2.05, 4.69) is 25.8 Å². The minimum Gasteiger partial charge on any atom is -0.369 e. The van der Waals surface area contributed by atoms with E-state index in [1.54, 1.807) is 19.1 Å². The fraction of sp³-hybridized carbons (Fsp3) is 0.400. The fourth-order valence-corrected chi connectivity index (χ4v) is 2.36. The number of nitrogens with zero attached hydrogens (tertiary/aromatic N) is 2. The van der Waals surface area contributed by atoms with Crippen molar-refractivity contribution in [2.45, 2.75) is 19.4 Å². The molecule has 7 nitrogen and oxygen atoms in total. The molecule has 1 atom stereocenters. The van der Waals surface area contributed by atoms with E-state index in [9.17, 15) is 9.18 Å². The van der Waals surface area contributed by atoms with Crippen LogP contribution in [0, 0.1) is 5.82 Å². The predicted octanol–water partition coefficient (Wildman–Crippen LogP) is 1.42. The summed E-state index contributed by atoms with van der Waals surface area (Å²) in [6.45, 7) is 3.96. The van der Waals surface area contributed by atoms with Crippen LogP contribution >= 0.6 is 0 Å². The van der Waals surface area contributed by atoms with Gasteiger partial charge in [-0.2, -0.15) is 5.10 Å². The number of pyridine rings is 1. The number of carbonyl (C=O) groups excluding carboxylic acids is 1. The molecule has 0 aliphatic carbocycles. The minimum absolute atomic E-state index is 0.0931. The first-order chi connectivity index (χ1) is 11.2. The number of aromatic nitrogens is 3. The maximum Gasteiger partial charge on any atom is 0.279 e. The Morgan fingerprint density at radius 3 is 3.00 bits per heavy atom. The molecule has 3 N–H and O–H groups in total. The van der Waals surface area contributed by atoms with Gasteiger partial charge in [-0.1, -0.05) is 6.92 Å². The van der Waals surface area contributed by atoms with E-state index in [-0.39, 0.29) is 11.8 Å². The Bertz CT molecular complexity index is 680. The van der Waals surface area contributed by atoms with E-state index in [1.807, 2.05) is 0 Å². The van der Waals surface area contributed by atoms with Crippen molar-refractivity contribution in [1.82, 2.24) is 20.5 Å². The number of hydrogen-bond acceptors (Lipinski definition) is 5. The van der Waals surface area contributed by atoms with Crippen molar-refractivity contribution in [2.75, 3.05) is 25.0 Å². The van der Waals surface area contributed by atoms with Crippen molar-refractivity contribution in [3.8, 4) is 0 Å². The zero-order chi connectivity index (χ0) is 16.2. The summed E-state index contributed by atoms with van der Waals surface area (Å²) in [7, 11) is 0. The van der Waals surface area contributed by atoms with Crippen LogP contribution in [0.2, 0.25) is 0 Å². The lowest BCUT2D eigenvalue weighted by molar-refractivity contribution is 0.0250. The number of H-pyrrole nitrogens is 1. The van der Waals surface area contributed by atoms with E-state index in [1.165, 1.54) is 6.20 Å². The zero-order valence-electron chi connectivity index (χ0n) is 12.7. The second-order valence-electron chi connectivity index (χ2n) is 5.21. The molecule has 23 heavy (non-hydrogen) atoms. The van der Waals surface area contributed by atoms with E-state index < -0.39 is 11.7 Å². The van der Waals surface area contributed by atoms with Crippen LogP contribution in [-0.2, 0) is 11.2 Å². The number of hydrogen-bond donors (Lipinski definition) is 3. The average Bonchev–Trinajstić information content (AvgIpc) is 2.97. The molecule has 3 heterocycles. The standard InChI is InChI=1S/C15H18FN5O2/c1-2-10-13(16)14(21-20-10)15(22)19-9-3-4-11(18-7-9)12-8-17-5-6-23-12/h3-4,7,12,17H,2,5-6,8H2,1H3,(H,19,22)(H,20,21)/t12-/m0/s1. The minimum atomic E-state index is -0.615. The summed E-state index contributed by atoms with van der Waals surface area (Å²) < 4.78 is 19.5. The number of amides is 1. The van der Waals surface area contributed by atoms with Gasteiger partial charge in [0.15, 0.2) is 11.5 Å². The van der Waals surface area contributed by atoms with Crippen LogP contribution in [0.1, 0.15) is 34.9 Å². The number of nitrogens with one attached hydrogen (secondary N) is 3. The van der Waals surface area contributed by atoms with Crippen molar-refractivity contribution in [3.63, 3.8) is 0 Å². The van der Waals surface area contributed by atoms with Crippen molar-refractivity contribution in [3.05, 3.63) is 41.2 Å². The maximum atomic E-state index is 13.9. The third kappa shape index (κ3) is 3.38. The summed E-state index contributed by atoms with van der Waals surface area (Å²) in [4.78, 5) is 16.3. The summed E-state index contributed by atoms with van der Waals surface area (Å²) in [6.07, 6.45) is 1.87. The van der Waals surface area contributed by atoms with Crippen LogP contribution in [0.15, 0.2) is 18.3 Å². The number of carbonyl (C=O) groups is 1. The summed E-state index contributed by atoms with van der Waals surface area (Å²) in [5.41, 5.74) is 1.33. The molecule has 8 heteroatoms. The lowest BCUT2D eigenvalue weighted by Crippen LogP contribution is -2.33. The molecule has 0 radical (unpaired) electrons. The second-order valence-corrected chi connectivity index (χ2v) is 5.21. The highest BCUT2D eigenvalue weighted by molar-refractivity contribution is 6.03. The average molecular weight is 319 g/mol. The molecular formula is C15H18FN5O2. The van der Waals surface area contributed by atoms with E-state index >= 15 is 0 Å². The molecule has 0 unspecified atom stereocenters. The molecule has 0 saturated carbocycles. The zero-order valence-corrected chi connectivity index (χ0v) is 12.7.